The van der Waals surface area contributed by atoms with Crippen LogP contribution < -0.4 is 14.8 Å². The van der Waals surface area contributed by atoms with E-state index in [1.165, 1.54) is 0 Å². The maximum Gasteiger partial charge on any atom is 0.122 e. The van der Waals surface area contributed by atoms with Crippen molar-refractivity contribution in [3.05, 3.63) is 23.3 Å². The van der Waals surface area contributed by atoms with Crippen molar-refractivity contribution in [2.75, 3.05) is 26.8 Å². The molecule has 0 heterocycles. The molecule has 1 aromatic rings. The highest BCUT2D eigenvalue weighted by Crippen LogP contribution is 2.28. The molecule has 0 aliphatic carbocycles. The van der Waals surface area contributed by atoms with Gasteiger partial charge in [0.2, 0.25) is 0 Å². The molecular formula is C12H18ClNO2. The van der Waals surface area contributed by atoms with Crippen LogP contribution in [-0.4, -0.2) is 26.8 Å². The zero-order valence-corrected chi connectivity index (χ0v) is 10.7. The highest BCUT2D eigenvalue weighted by molar-refractivity contribution is 6.17. The van der Waals surface area contributed by atoms with Crippen LogP contribution in [0.15, 0.2) is 12.1 Å². The van der Waals surface area contributed by atoms with Gasteiger partial charge in [-0.3, -0.25) is 0 Å². The summed E-state index contributed by atoms with van der Waals surface area (Å²) < 4.78 is 10.6. The zero-order valence-electron chi connectivity index (χ0n) is 9.97. The Balaban J connectivity index is 2.86. The van der Waals surface area contributed by atoms with Gasteiger partial charge in [-0.25, -0.2) is 0 Å². The van der Waals surface area contributed by atoms with Crippen molar-refractivity contribution >= 4 is 11.6 Å². The second-order valence-electron chi connectivity index (χ2n) is 3.52. The second-order valence-corrected chi connectivity index (χ2v) is 3.78. The standard InChI is InChI=1S/C12H18ClNO2/c1-9-6-12(16-3)10(4-5-14-8-13)7-11(9)15-2/h6-7,14H,4-5,8H2,1-3H3. The Morgan fingerprint density at radius 1 is 1.19 bits per heavy atom. The lowest BCUT2D eigenvalue weighted by atomic mass is 10.1. The van der Waals surface area contributed by atoms with Crippen molar-refractivity contribution in [2.24, 2.45) is 0 Å². The van der Waals surface area contributed by atoms with Gasteiger partial charge in [-0.2, -0.15) is 0 Å². The van der Waals surface area contributed by atoms with Gasteiger partial charge in [0.25, 0.3) is 0 Å². The molecular weight excluding hydrogens is 226 g/mol. The van der Waals surface area contributed by atoms with Crippen LogP contribution in [0.2, 0.25) is 0 Å². The normalized spacial score (nSPS) is 10.2. The fourth-order valence-corrected chi connectivity index (χ4v) is 1.73. The van der Waals surface area contributed by atoms with Gasteiger partial charge in [0.1, 0.15) is 11.5 Å². The molecule has 0 saturated carbocycles. The lowest BCUT2D eigenvalue weighted by Crippen LogP contribution is -2.15. The van der Waals surface area contributed by atoms with E-state index in [1.807, 2.05) is 19.1 Å². The number of alkyl halides is 1. The Hall–Kier alpha value is -0.930. The number of benzene rings is 1. The van der Waals surface area contributed by atoms with Crippen LogP contribution in [0.5, 0.6) is 11.5 Å². The van der Waals surface area contributed by atoms with Gasteiger partial charge in [-0.1, -0.05) is 0 Å². The maximum atomic E-state index is 5.56. The van der Waals surface area contributed by atoms with Gasteiger partial charge in [-0.05, 0) is 36.6 Å². The zero-order chi connectivity index (χ0) is 12.0. The first kappa shape index (κ1) is 13.1. The summed E-state index contributed by atoms with van der Waals surface area (Å²) in [6, 6.07) is 4.48. The minimum absolute atomic E-state index is 0.464. The first-order valence-electron chi connectivity index (χ1n) is 5.21. The second kappa shape index (κ2) is 6.61. The number of hydrogen-bond acceptors (Lipinski definition) is 3. The average Bonchev–Trinajstić information content (AvgIpc) is 2.30. The largest absolute Gasteiger partial charge is 0.496 e. The van der Waals surface area contributed by atoms with E-state index in [-0.39, 0.29) is 0 Å². The molecule has 0 aliphatic heterocycles. The third kappa shape index (κ3) is 3.29. The van der Waals surface area contributed by atoms with Crippen LogP contribution in [-0.2, 0) is 6.42 Å². The molecule has 0 atom stereocenters. The van der Waals surface area contributed by atoms with Crippen molar-refractivity contribution < 1.29 is 9.47 Å². The van der Waals surface area contributed by atoms with Gasteiger partial charge in [0.05, 0.1) is 20.2 Å². The van der Waals surface area contributed by atoms with E-state index in [2.05, 4.69) is 5.32 Å². The average molecular weight is 244 g/mol. The fraction of sp³-hybridized carbons (Fsp3) is 0.500. The van der Waals surface area contributed by atoms with E-state index in [1.54, 1.807) is 14.2 Å². The molecule has 0 radical (unpaired) electrons. The van der Waals surface area contributed by atoms with Crippen LogP contribution in [0.4, 0.5) is 0 Å². The maximum absolute atomic E-state index is 5.56. The molecule has 0 saturated heterocycles. The third-order valence-electron chi connectivity index (χ3n) is 2.46. The number of nitrogens with one attached hydrogen (secondary N) is 1. The van der Waals surface area contributed by atoms with Crippen molar-refractivity contribution in [1.82, 2.24) is 5.32 Å². The predicted molar refractivity (Wildman–Crippen MR) is 66.7 cm³/mol. The quantitative estimate of drug-likeness (QED) is 0.473. The SMILES string of the molecule is COc1cc(CCNCCl)c(OC)cc1C. The summed E-state index contributed by atoms with van der Waals surface area (Å²) in [6.07, 6.45) is 0.868. The van der Waals surface area contributed by atoms with Gasteiger partial charge in [0.15, 0.2) is 0 Å². The van der Waals surface area contributed by atoms with Crippen LogP contribution in [0.25, 0.3) is 0 Å². The number of halogens is 1. The number of hydrogen-bond donors (Lipinski definition) is 1. The molecule has 16 heavy (non-hydrogen) atoms. The summed E-state index contributed by atoms with van der Waals surface area (Å²) in [5.74, 6) is 1.79. The molecule has 0 aliphatic rings. The molecule has 90 valence electrons. The van der Waals surface area contributed by atoms with E-state index >= 15 is 0 Å². The molecule has 0 aromatic heterocycles. The fourth-order valence-electron chi connectivity index (χ4n) is 1.60. The van der Waals surface area contributed by atoms with E-state index < -0.39 is 0 Å². The molecule has 1 N–H and O–H groups in total. The van der Waals surface area contributed by atoms with Gasteiger partial charge >= 0.3 is 0 Å². The smallest absolute Gasteiger partial charge is 0.122 e. The van der Waals surface area contributed by atoms with E-state index in [0.717, 1.165) is 35.6 Å². The van der Waals surface area contributed by atoms with Crippen LogP contribution in [0.3, 0.4) is 0 Å². The Morgan fingerprint density at radius 3 is 2.44 bits per heavy atom. The highest BCUT2D eigenvalue weighted by Gasteiger charge is 2.07. The monoisotopic (exact) mass is 243 g/mol. The van der Waals surface area contributed by atoms with Gasteiger partial charge < -0.3 is 14.8 Å². The topological polar surface area (TPSA) is 30.5 Å². The number of methoxy groups -OCH3 is 2. The van der Waals surface area contributed by atoms with Crippen LogP contribution >= 0.6 is 11.6 Å². The third-order valence-corrected chi connectivity index (χ3v) is 2.65. The number of rotatable bonds is 6. The molecule has 0 amide bonds. The first-order valence-corrected chi connectivity index (χ1v) is 5.74. The summed E-state index contributed by atoms with van der Waals surface area (Å²) in [6.45, 7) is 2.83. The summed E-state index contributed by atoms with van der Waals surface area (Å²) >= 11 is 5.56. The highest BCUT2D eigenvalue weighted by atomic mass is 35.5. The molecule has 4 heteroatoms. The van der Waals surface area contributed by atoms with E-state index in [4.69, 9.17) is 21.1 Å². The summed E-state index contributed by atoms with van der Waals surface area (Å²) in [7, 11) is 3.36. The van der Waals surface area contributed by atoms with Crippen LogP contribution in [0, 0.1) is 6.92 Å². The molecule has 1 aromatic carbocycles. The van der Waals surface area contributed by atoms with Crippen molar-refractivity contribution in [3.63, 3.8) is 0 Å². The Kier molecular flexibility index (Phi) is 5.43. The van der Waals surface area contributed by atoms with Crippen LogP contribution in [0.1, 0.15) is 11.1 Å². The predicted octanol–water partition coefficient (Wildman–Crippen LogP) is 2.34. The minimum atomic E-state index is 0.464. The molecule has 1 rings (SSSR count). The van der Waals surface area contributed by atoms with E-state index in [9.17, 15) is 0 Å². The molecule has 0 fully saturated rings. The Bertz CT molecular complexity index is 342. The van der Waals surface area contributed by atoms with Crippen molar-refractivity contribution in [3.8, 4) is 11.5 Å². The Labute approximate surface area is 102 Å². The lowest BCUT2D eigenvalue weighted by Gasteiger charge is -2.13. The molecule has 0 unspecified atom stereocenters. The van der Waals surface area contributed by atoms with Crippen molar-refractivity contribution in [1.29, 1.82) is 0 Å². The van der Waals surface area contributed by atoms with Gasteiger partial charge in [-0.15, -0.1) is 11.6 Å². The van der Waals surface area contributed by atoms with Crippen molar-refractivity contribution in [2.45, 2.75) is 13.3 Å². The number of aryl methyl sites for hydroxylation is 1. The first-order chi connectivity index (χ1) is 7.72. The minimum Gasteiger partial charge on any atom is -0.496 e. The number of ether oxygens (including phenoxy) is 2. The summed E-state index contributed by atoms with van der Waals surface area (Å²) in [5.41, 5.74) is 2.20. The van der Waals surface area contributed by atoms with E-state index in [0.29, 0.717) is 6.00 Å². The molecule has 3 nitrogen and oxygen atoms in total. The lowest BCUT2D eigenvalue weighted by molar-refractivity contribution is 0.396. The molecule has 0 bridgehead atoms. The molecule has 0 spiro atoms. The van der Waals surface area contributed by atoms with Gasteiger partial charge in [0, 0.05) is 6.54 Å². The summed E-state index contributed by atoms with van der Waals surface area (Å²) in [5, 5.41) is 3.07. The summed E-state index contributed by atoms with van der Waals surface area (Å²) in [4.78, 5) is 0. The Morgan fingerprint density at radius 2 is 1.88 bits per heavy atom.